The van der Waals surface area contributed by atoms with Crippen LogP contribution < -0.4 is 5.32 Å². The summed E-state index contributed by atoms with van der Waals surface area (Å²) >= 11 is 0. The maximum atomic E-state index is 11.9. The van der Waals surface area contributed by atoms with Crippen LogP contribution >= 0.6 is 0 Å². The molecule has 0 radical (unpaired) electrons. The topological polar surface area (TPSA) is 104 Å². The van der Waals surface area contributed by atoms with Crippen molar-refractivity contribution in [3.63, 3.8) is 0 Å². The van der Waals surface area contributed by atoms with Crippen molar-refractivity contribution in [3.8, 4) is 23.0 Å². The third kappa shape index (κ3) is 4.47. The van der Waals surface area contributed by atoms with Gasteiger partial charge in [-0.25, -0.2) is 4.98 Å². The van der Waals surface area contributed by atoms with Gasteiger partial charge in [-0.3, -0.25) is 14.9 Å². The fourth-order valence-electron chi connectivity index (χ4n) is 3.76. The van der Waals surface area contributed by atoms with Gasteiger partial charge in [0.15, 0.2) is 0 Å². The second-order valence-electron chi connectivity index (χ2n) is 7.70. The van der Waals surface area contributed by atoms with Gasteiger partial charge in [0.05, 0.1) is 12.5 Å². The lowest BCUT2D eigenvalue weighted by Crippen LogP contribution is -2.21. The molecular weight excluding hydrogens is 406 g/mol. The number of nitrogens with one attached hydrogen (secondary N) is 1. The van der Waals surface area contributed by atoms with E-state index in [-0.39, 0.29) is 24.8 Å². The Morgan fingerprint density at radius 2 is 1.78 bits per heavy atom. The van der Waals surface area contributed by atoms with Gasteiger partial charge in [-0.1, -0.05) is 48.2 Å². The number of aliphatic hydroxyl groups is 2. The summed E-state index contributed by atoms with van der Waals surface area (Å²) < 4.78 is 1.67. The number of imidazole rings is 1. The van der Waals surface area contributed by atoms with Crippen LogP contribution in [0.3, 0.4) is 0 Å². The molecule has 1 unspecified atom stereocenters. The average molecular weight is 429 g/mol. The number of amides is 2. The molecule has 162 valence electrons. The van der Waals surface area contributed by atoms with Crippen molar-refractivity contribution in [1.82, 2.24) is 14.9 Å². The van der Waals surface area contributed by atoms with E-state index in [0.717, 1.165) is 22.3 Å². The van der Waals surface area contributed by atoms with Crippen LogP contribution in [0, 0.1) is 11.8 Å². The second-order valence-corrected chi connectivity index (χ2v) is 7.70. The molecule has 0 spiro atoms. The van der Waals surface area contributed by atoms with E-state index in [1.54, 1.807) is 23.9 Å². The highest BCUT2D eigenvalue weighted by Gasteiger charge is 2.31. The molecule has 0 saturated carbocycles. The van der Waals surface area contributed by atoms with Gasteiger partial charge in [-0.2, -0.15) is 0 Å². The van der Waals surface area contributed by atoms with Crippen LogP contribution in [0.5, 0.6) is 0 Å². The minimum Gasteiger partial charge on any atom is -0.393 e. The number of carbonyl (C=O) groups is 2. The Hall–Kier alpha value is -3.73. The third-order valence-corrected chi connectivity index (χ3v) is 5.46. The number of carbonyl (C=O) groups excluding carboxylic acids is 2. The SMILES string of the molecule is C[C@H](O)c1nccn1[C@@H](C#Cc1ccc(-c2ccc(C3CC(=O)NC3=O)cc2)cc1)CO. The fraction of sp³-hybridized carbons (Fsp3) is 0.240. The number of benzene rings is 2. The van der Waals surface area contributed by atoms with E-state index in [1.807, 2.05) is 48.5 Å². The number of imide groups is 1. The molecule has 2 amide bonds. The van der Waals surface area contributed by atoms with Crippen molar-refractivity contribution in [1.29, 1.82) is 0 Å². The van der Waals surface area contributed by atoms with Gasteiger partial charge >= 0.3 is 0 Å². The molecular formula is C25H23N3O4. The van der Waals surface area contributed by atoms with Gasteiger partial charge in [0.1, 0.15) is 18.0 Å². The maximum absolute atomic E-state index is 11.9. The summed E-state index contributed by atoms with van der Waals surface area (Å²) in [7, 11) is 0. The van der Waals surface area contributed by atoms with Gasteiger partial charge < -0.3 is 14.8 Å². The van der Waals surface area contributed by atoms with Gasteiger partial charge in [0.2, 0.25) is 11.8 Å². The molecule has 1 aliphatic heterocycles. The molecule has 4 rings (SSSR count). The largest absolute Gasteiger partial charge is 0.393 e. The second kappa shape index (κ2) is 9.18. The molecule has 0 aliphatic carbocycles. The van der Waals surface area contributed by atoms with Gasteiger partial charge in [0.25, 0.3) is 0 Å². The lowest BCUT2D eigenvalue weighted by molar-refractivity contribution is -0.125. The highest BCUT2D eigenvalue weighted by atomic mass is 16.3. The Bertz CT molecular complexity index is 1180. The summed E-state index contributed by atoms with van der Waals surface area (Å²) in [5.41, 5.74) is 3.61. The zero-order chi connectivity index (χ0) is 22.7. The van der Waals surface area contributed by atoms with Crippen molar-refractivity contribution in [2.24, 2.45) is 0 Å². The molecule has 1 fully saturated rings. The predicted molar refractivity (Wildman–Crippen MR) is 118 cm³/mol. The van der Waals surface area contributed by atoms with E-state index in [9.17, 15) is 19.8 Å². The summed E-state index contributed by atoms with van der Waals surface area (Å²) in [5, 5.41) is 21.9. The Morgan fingerprint density at radius 3 is 2.34 bits per heavy atom. The molecule has 2 aromatic carbocycles. The van der Waals surface area contributed by atoms with Crippen LogP contribution in [0.2, 0.25) is 0 Å². The molecule has 3 atom stereocenters. The lowest BCUT2D eigenvalue weighted by atomic mass is 9.95. The highest BCUT2D eigenvalue weighted by molar-refractivity contribution is 6.06. The molecule has 3 aromatic rings. The lowest BCUT2D eigenvalue weighted by Gasteiger charge is -2.14. The summed E-state index contributed by atoms with van der Waals surface area (Å²) in [6.45, 7) is 1.42. The molecule has 1 saturated heterocycles. The first-order valence-corrected chi connectivity index (χ1v) is 10.3. The minimum absolute atomic E-state index is 0.193. The molecule has 2 heterocycles. The monoisotopic (exact) mass is 429 g/mol. The first kappa shape index (κ1) is 21.5. The molecule has 0 bridgehead atoms. The van der Waals surface area contributed by atoms with E-state index in [2.05, 4.69) is 22.1 Å². The van der Waals surface area contributed by atoms with Gasteiger partial charge in [0, 0.05) is 24.4 Å². The van der Waals surface area contributed by atoms with E-state index in [1.165, 1.54) is 0 Å². The van der Waals surface area contributed by atoms with Crippen LogP contribution in [0.1, 0.15) is 48.4 Å². The molecule has 7 nitrogen and oxygen atoms in total. The maximum Gasteiger partial charge on any atom is 0.234 e. The number of aromatic nitrogens is 2. The predicted octanol–water partition coefficient (Wildman–Crippen LogP) is 2.32. The zero-order valence-corrected chi connectivity index (χ0v) is 17.5. The van der Waals surface area contributed by atoms with E-state index in [4.69, 9.17) is 0 Å². The van der Waals surface area contributed by atoms with Crippen molar-refractivity contribution >= 4 is 11.8 Å². The smallest absolute Gasteiger partial charge is 0.234 e. The Balaban J connectivity index is 1.48. The number of hydrogen-bond donors (Lipinski definition) is 3. The summed E-state index contributed by atoms with van der Waals surface area (Å²) in [6.07, 6.45) is 2.70. The average Bonchev–Trinajstić information content (AvgIpc) is 3.41. The van der Waals surface area contributed by atoms with Crippen LogP contribution in [-0.4, -0.2) is 38.2 Å². The normalized spacial score (nSPS) is 17.4. The van der Waals surface area contributed by atoms with E-state index in [0.29, 0.717) is 5.82 Å². The number of nitrogens with zero attached hydrogens (tertiary/aromatic N) is 2. The Morgan fingerprint density at radius 1 is 1.12 bits per heavy atom. The quantitative estimate of drug-likeness (QED) is 0.427. The zero-order valence-electron chi connectivity index (χ0n) is 17.5. The van der Waals surface area contributed by atoms with Crippen LogP contribution in [0.25, 0.3) is 11.1 Å². The van der Waals surface area contributed by atoms with Crippen LogP contribution in [0.15, 0.2) is 60.9 Å². The molecule has 32 heavy (non-hydrogen) atoms. The highest BCUT2D eigenvalue weighted by Crippen LogP contribution is 2.27. The summed E-state index contributed by atoms with van der Waals surface area (Å²) in [4.78, 5) is 27.4. The first-order valence-electron chi connectivity index (χ1n) is 10.3. The number of aliphatic hydroxyl groups excluding tert-OH is 2. The van der Waals surface area contributed by atoms with Crippen molar-refractivity contribution < 1.29 is 19.8 Å². The van der Waals surface area contributed by atoms with Gasteiger partial charge in [-0.15, -0.1) is 0 Å². The number of rotatable bonds is 5. The Labute approximate surface area is 185 Å². The first-order chi connectivity index (χ1) is 15.5. The molecule has 7 heteroatoms. The van der Waals surface area contributed by atoms with Crippen molar-refractivity contribution in [2.75, 3.05) is 6.61 Å². The minimum atomic E-state index is -0.755. The van der Waals surface area contributed by atoms with Crippen LogP contribution in [0.4, 0.5) is 0 Å². The molecule has 1 aliphatic rings. The molecule has 3 N–H and O–H groups in total. The van der Waals surface area contributed by atoms with E-state index >= 15 is 0 Å². The van der Waals surface area contributed by atoms with Gasteiger partial charge in [-0.05, 0) is 35.7 Å². The fourth-order valence-corrected chi connectivity index (χ4v) is 3.76. The van der Waals surface area contributed by atoms with Crippen molar-refractivity contribution in [3.05, 3.63) is 77.9 Å². The molecule has 1 aromatic heterocycles. The van der Waals surface area contributed by atoms with Crippen LogP contribution in [-0.2, 0) is 9.59 Å². The van der Waals surface area contributed by atoms with Crippen molar-refractivity contribution in [2.45, 2.75) is 31.4 Å². The summed E-state index contributed by atoms with van der Waals surface area (Å²) in [6, 6.07) is 14.8. The van der Waals surface area contributed by atoms with E-state index < -0.39 is 18.1 Å². The number of hydrogen-bond acceptors (Lipinski definition) is 5. The Kier molecular flexibility index (Phi) is 6.17. The third-order valence-electron chi connectivity index (χ3n) is 5.46. The standard InChI is InChI=1S/C25H23N3O4/c1-16(30)24-26-12-13-28(24)21(15-29)11-4-17-2-5-18(6-3-17)19-7-9-20(10-8-19)22-14-23(31)27-25(22)32/h2-3,5-10,12-13,16,21-22,29-30H,14-15H2,1H3,(H,27,31,32)/t16-,21-,22?/m0/s1. The summed E-state index contributed by atoms with van der Waals surface area (Å²) in [5.74, 6) is 5.66.